The van der Waals surface area contributed by atoms with Crippen LogP contribution in [0.25, 0.3) is 0 Å². The molecule has 0 aliphatic heterocycles. The van der Waals surface area contributed by atoms with Crippen LogP contribution in [0.2, 0.25) is 0 Å². The Balaban J connectivity index is 2.44. The smallest absolute Gasteiger partial charge is 0.147 e. The van der Waals surface area contributed by atoms with Crippen molar-refractivity contribution in [1.29, 1.82) is 0 Å². The monoisotopic (exact) mass is 256 g/mol. The molecule has 0 aliphatic rings. The maximum Gasteiger partial charge on any atom is 0.147 e. The molecule has 0 amide bonds. The molecular formula is C13H20O3S. The van der Waals surface area contributed by atoms with Crippen molar-refractivity contribution in [3.8, 4) is 5.75 Å². The third-order valence-electron chi connectivity index (χ3n) is 2.45. The van der Waals surface area contributed by atoms with Crippen LogP contribution in [0.3, 0.4) is 0 Å². The van der Waals surface area contributed by atoms with E-state index < -0.39 is 9.84 Å². The van der Waals surface area contributed by atoms with Crippen LogP contribution >= 0.6 is 0 Å². The van der Waals surface area contributed by atoms with E-state index in [2.05, 4.69) is 19.9 Å². The first-order valence-corrected chi connectivity index (χ1v) is 7.85. The highest BCUT2D eigenvalue weighted by Gasteiger charge is 2.03. The van der Waals surface area contributed by atoms with Crippen LogP contribution in [0, 0.1) is 0 Å². The zero-order valence-electron chi connectivity index (χ0n) is 10.6. The Bertz CT molecular complexity index is 449. The van der Waals surface area contributed by atoms with Gasteiger partial charge in [0.15, 0.2) is 0 Å². The molecule has 0 radical (unpaired) electrons. The van der Waals surface area contributed by atoms with Gasteiger partial charge in [0, 0.05) is 6.26 Å². The summed E-state index contributed by atoms with van der Waals surface area (Å²) in [6.07, 6.45) is 1.77. The van der Waals surface area contributed by atoms with Crippen LogP contribution in [0.5, 0.6) is 5.75 Å². The van der Waals surface area contributed by atoms with Crippen molar-refractivity contribution in [1.82, 2.24) is 0 Å². The average Bonchev–Trinajstić information content (AvgIpc) is 2.23. The van der Waals surface area contributed by atoms with Gasteiger partial charge in [0.05, 0.1) is 12.4 Å². The summed E-state index contributed by atoms with van der Waals surface area (Å²) < 4.78 is 27.4. The minimum Gasteiger partial charge on any atom is -0.494 e. The normalized spacial score (nSPS) is 11.8. The molecule has 0 heterocycles. The Hall–Kier alpha value is -1.03. The fourth-order valence-electron chi connectivity index (χ4n) is 1.47. The van der Waals surface area contributed by atoms with E-state index in [-0.39, 0.29) is 5.75 Å². The highest BCUT2D eigenvalue weighted by Crippen LogP contribution is 2.20. The Morgan fingerprint density at radius 3 is 2.59 bits per heavy atom. The van der Waals surface area contributed by atoms with Gasteiger partial charge in [-0.05, 0) is 30.0 Å². The lowest BCUT2D eigenvalue weighted by atomic mass is 10.0. The molecule has 0 atom stereocenters. The molecule has 0 saturated heterocycles. The Morgan fingerprint density at radius 1 is 1.29 bits per heavy atom. The summed E-state index contributed by atoms with van der Waals surface area (Å²) in [4.78, 5) is 0. The van der Waals surface area contributed by atoms with Gasteiger partial charge in [0.1, 0.15) is 15.6 Å². The first-order chi connectivity index (χ1) is 7.88. The van der Waals surface area contributed by atoms with Crippen molar-refractivity contribution in [2.45, 2.75) is 26.2 Å². The third-order valence-corrected chi connectivity index (χ3v) is 3.48. The molecule has 1 aromatic rings. The highest BCUT2D eigenvalue weighted by atomic mass is 32.2. The van der Waals surface area contributed by atoms with Crippen molar-refractivity contribution < 1.29 is 13.2 Å². The molecule has 0 aliphatic carbocycles. The number of benzene rings is 1. The standard InChI is InChI=1S/C13H20O3S/c1-11(2)12-6-4-7-13(10-12)16-8-5-9-17(3,14)15/h4,6-7,10-11H,5,8-9H2,1-3H3. The maximum atomic E-state index is 10.9. The predicted molar refractivity (Wildman–Crippen MR) is 70.4 cm³/mol. The van der Waals surface area contributed by atoms with Crippen molar-refractivity contribution in [3.05, 3.63) is 29.8 Å². The molecule has 0 fully saturated rings. The SMILES string of the molecule is CC(C)c1cccc(OCCCS(C)(=O)=O)c1. The number of hydrogen-bond acceptors (Lipinski definition) is 3. The van der Waals surface area contributed by atoms with Crippen LogP contribution in [0.1, 0.15) is 31.7 Å². The Labute approximate surface area is 104 Å². The van der Waals surface area contributed by atoms with Gasteiger partial charge in [0.25, 0.3) is 0 Å². The molecule has 3 nitrogen and oxygen atoms in total. The number of ether oxygens (including phenoxy) is 1. The summed E-state index contributed by atoms with van der Waals surface area (Å²) >= 11 is 0. The van der Waals surface area contributed by atoms with Gasteiger partial charge in [-0.2, -0.15) is 0 Å². The highest BCUT2D eigenvalue weighted by molar-refractivity contribution is 7.90. The third kappa shape index (κ3) is 5.73. The predicted octanol–water partition coefficient (Wildman–Crippen LogP) is 2.62. The van der Waals surface area contributed by atoms with Gasteiger partial charge in [0.2, 0.25) is 0 Å². The van der Waals surface area contributed by atoms with E-state index in [0.29, 0.717) is 18.9 Å². The Morgan fingerprint density at radius 2 is 2.00 bits per heavy atom. The van der Waals surface area contributed by atoms with E-state index in [1.165, 1.54) is 11.8 Å². The topological polar surface area (TPSA) is 43.4 Å². The van der Waals surface area contributed by atoms with E-state index in [1.807, 2.05) is 18.2 Å². The lowest BCUT2D eigenvalue weighted by molar-refractivity contribution is 0.317. The molecule has 0 spiro atoms. The van der Waals surface area contributed by atoms with Crippen LogP contribution in [0.4, 0.5) is 0 Å². The van der Waals surface area contributed by atoms with E-state index in [9.17, 15) is 8.42 Å². The van der Waals surface area contributed by atoms with Crippen LogP contribution in [0.15, 0.2) is 24.3 Å². The van der Waals surface area contributed by atoms with Gasteiger partial charge in [-0.25, -0.2) is 8.42 Å². The minimum absolute atomic E-state index is 0.177. The first kappa shape index (κ1) is 14.0. The zero-order valence-corrected chi connectivity index (χ0v) is 11.5. The summed E-state index contributed by atoms with van der Waals surface area (Å²) in [7, 11) is -2.88. The second kappa shape index (κ2) is 6.05. The molecule has 0 bridgehead atoms. The molecule has 0 N–H and O–H groups in total. The molecule has 17 heavy (non-hydrogen) atoms. The van der Waals surface area contributed by atoms with Crippen LogP contribution in [-0.4, -0.2) is 27.0 Å². The van der Waals surface area contributed by atoms with Crippen LogP contribution < -0.4 is 4.74 Å². The van der Waals surface area contributed by atoms with Crippen molar-refractivity contribution >= 4 is 9.84 Å². The van der Waals surface area contributed by atoms with Gasteiger partial charge in [-0.1, -0.05) is 26.0 Å². The summed E-state index contributed by atoms with van der Waals surface area (Å²) in [5, 5.41) is 0. The van der Waals surface area contributed by atoms with E-state index in [4.69, 9.17) is 4.74 Å². The molecule has 1 rings (SSSR count). The molecule has 0 unspecified atom stereocenters. The lowest BCUT2D eigenvalue weighted by Crippen LogP contribution is -2.08. The fourth-order valence-corrected chi connectivity index (χ4v) is 2.12. The average molecular weight is 256 g/mol. The molecule has 0 aromatic heterocycles. The summed E-state index contributed by atoms with van der Waals surface area (Å²) in [5.41, 5.74) is 1.23. The second-order valence-corrected chi connectivity index (χ2v) is 6.82. The quantitative estimate of drug-likeness (QED) is 0.735. The van der Waals surface area contributed by atoms with E-state index in [0.717, 1.165) is 5.75 Å². The van der Waals surface area contributed by atoms with Gasteiger partial charge in [-0.3, -0.25) is 0 Å². The second-order valence-electron chi connectivity index (χ2n) is 4.56. The molecular weight excluding hydrogens is 236 g/mol. The first-order valence-electron chi connectivity index (χ1n) is 5.79. The number of sulfone groups is 1. The number of hydrogen-bond donors (Lipinski definition) is 0. The minimum atomic E-state index is -2.88. The van der Waals surface area contributed by atoms with Gasteiger partial charge in [-0.15, -0.1) is 0 Å². The van der Waals surface area contributed by atoms with Crippen molar-refractivity contribution in [3.63, 3.8) is 0 Å². The summed E-state index contributed by atoms with van der Waals surface area (Å²) in [6, 6.07) is 7.92. The van der Waals surface area contributed by atoms with E-state index >= 15 is 0 Å². The molecule has 0 saturated carbocycles. The van der Waals surface area contributed by atoms with Crippen LogP contribution in [-0.2, 0) is 9.84 Å². The summed E-state index contributed by atoms with van der Waals surface area (Å²) in [6.45, 7) is 4.69. The van der Waals surface area contributed by atoms with E-state index in [1.54, 1.807) is 0 Å². The van der Waals surface area contributed by atoms with Gasteiger partial charge >= 0.3 is 0 Å². The Kier molecular flexibility index (Phi) is 5.00. The summed E-state index contributed by atoms with van der Waals surface area (Å²) in [5.74, 6) is 1.45. The number of rotatable bonds is 6. The lowest BCUT2D eigenvalue weighted by Gasteiger charge is -2.09. The fraction of sp³-hybridized carbons (Fsp3) is 0.538. The molecule has 96 valence electrons. The molecule has 4 heteroatoms. The van der Waals surface area contributed by atoms with Crippen molar-refractivity contribution in [2.75, 3.05) is 18.6 Å². The zero-order chi connectivity index (χ0) is 12.9. The van der Waals surface area contributed by atoms with Crippen molar-refractivity contribution in [2.24, 2.45) is 0 Å². The molecule has 1 aromatic carbocycles. The maximum absolute atomic E-state index is 10.9. The largest absolute Gasteiger partial charge is 0.494 e. The van der Waals surface area contributed by atoms with Gasteiger partial charge < -0.3 is 4.74 Å².